The van der Waals surface area contributed by atoms with E-state index < -0.39 is 16.1 Å². The predicted octanol–water partition coefficient (Wildman–Crippen LogP) is 4.97. The molecule has 7 nitrogen and oxygen atoms in total. The summed E-state index contributed by atoms with van der Waals surface area (Å²) < 4.78 is 26.3. The second-order valence-corrected chi connectivity index (χ2v) is 11.8. The number of aryl methyl sites for hydroxylation is 1. The van der Waals surface area contributed by atoms with Crippen LogP contribution in [-0.2, 0) is 32.6 Å². The van der Waals surface area contributed by atoms with Gasteiger partial charge in [-0.25, -0.2) is 8.42 Å². The van der Waals surface area contributed by atoms with Gasteiger partial charge in [0.25, 0.3) is 0 Å². The summed E-state index contributed by atoms with van der Waals surface area (Å²) in [5.74, 6) is -0.440. The molecule has 0 spiro atoms. The Kier molecular flexibility index (Phi) is 10.9. The van der Waals surface area contributed by atoms with Crippen LogP contribution in [0.5, 0.6) is 0 Å². The van der Waals surface area contributed by atoms with E-state index >= 15 is 0 Å². The summed E-state index contributed by atoms with van der Waals surface area (Å²) in [7, 11) is -3.60. The normalized spacial score (nSPS) is 12.0. The molecule has 0 aliphatic rings. The maximum atomic E-state index is 13.8. The van der Waals surface area contributed by atoms with Crippen molar-refractivity contribution in [1.29, 1.82) is 0 Å². The van der Waals surface area contributed by atoms with Crippen LogP contribution in [0.2, 0.25) is 5.02 Å². The van der Waals surface area contributed by atoms with Crippen molar-refractivity contribution in [2.45, 2.75) is 45.7 Å². The molecule has 39 heavy (non-hydrogen) atoms. The Morgan fingerprint density at radius 3 is 2.31 bits per heavy atom. The number of amides is 2. The Bertz CT molecular complexity index is 1370. The molecular weight excluding hydrogens is 534 g/mol. The molecule has 0 saturated carbocycles. The quantitative estimate of drug-likeness (QED) is 0.315. The fraction of sp³-hybridized carbons (Fsp3) is 0.333. The first kappa shape index (κ1) is 30.2. The molecule has 0 saturated heterocycles. The van der Waals surface area contributed by atoms with E-state index in [1.54, 1.807) is 29.2 Å². The largest absolute Gasteiger partial charge is 0.355 e. The van der Waals surface area contributed by atoms with E-state index in [4.69, 9.17) is 11.6 Å². The standard InChI is InChI=1S/C30H36ClN3O4S/c1-4-32-30(36)28(20-24-13-6-5-7-14-24)33(22-25-15-9-8-12-23(25)2)29(35)18-11-19-34(39(3,37)38)27-17-10-16-26(31)21-27/h5-10,12-17,21,28H,4,11,18-20,22H2,1-3H3,(H,32,36)/t28-/m0/s1. The second kappa shape index (κ2) is 14.1. The minimum atomic E-state index is -3.60. The van der Waals surface area contributed by atoms with Crippen LogP contribution in [0.1, 0.15) is 36.5 Å². The number of nitrogens with zero attached hydrogens (tertiary/aromatic N) is 2. The van der Waals surface area contributed by atoms with Gasteiger partial charge >= 0.3 is 0 Å². The topological polar surface area (TPSA) is 86.8 Å². The molecule has 0 radical (unpaired) electrons. The van der Waals surface area contributed by atoms with E-state index in [1.807, 2.05) is 68.4 Å². The van der Waals surface area contributed by atoms with E-state index in [0.29, 0.717) is 23.7 Å². The van der Waals surface area contributed by atoms with Crippen LogP contribution in [0.3, 0.4) is 0 Å². The number of rotatable bonds is 13. The number of anilines is 1. The number of halogens is 1. The first-order chi connectivity index (χ1) is 18.6. The van der Waals surface area contributed by atoms with E-state index in [-0.39, 0.29) is 37.7 Å². The number of hydrogen-bond donors (Lipinski definition) is 1. The van der Waals surface area contributed by atoms with Gasteiger partial charge in [0.2, 0.25) is 21.8 Å². The molecule has 9 heteroatoms. The summed E-state index contributed by atoms with van der Waals surface area (Å²) in [4.78, 5) is 28.7. The van der Waals surface area contributed by atoms with Crippen LogP contribution in [0.15, 0.2) is 78.9 Å². The second-order valence-electron chi connectivity index (χ2n) is 9.47. The highest BCUT2D eigenvalue weighted by atomic mass is 35.5. The number of carbonyl (C=O) groups is 2. The van der Waals surface area contributed by atoms with Crippen molar-refractivity contribution < 1.29 is 18.0 Å². The summed E-state index contributed by atoms with van der Waals surface area (Å²) in [5, 5.41) is 3.31. The van der Waals surface area contributed by atoms with Crippen molar-refractivity contribution in [2.75, 3.05) is 23.7 Å². The lowest BCUT2D eigenvalue weighted by molar-refractivity contribution is -0.141. The molecule has 0 unspecified atom stereocenters. The number of likely N-dealkylation sites (N-methyl/N-ethyl adjacent to an activating group) is 1. The molecular formula is C30H36ClN3O4S. The van der Waals surface area contributed by atoms with Crippen LogP contribution in [-0.4, -0.2) is 50.5 Å². The summed E-state index contributed by atoms with van der Waals surface area (Å²) in [6, 6.07) is 23.3. The number of benzene rings is 3. The third-order valence-electron chi connectivity index (χ3n) is 6.47. The van der Waals surface area contributed by atoms with Gasteiger partial charge in [-0.3, -0.25) is 13.9 Å². The summed E-state index contributed by atoms with van der Waals surface area (Å²) in [6.07, 6.45) is 1.84. The fourth-order valence-corrected chi connectivity index (χ4v) is 5.59. The van der Waals surface area contributed by atoms with E-state index in [0.717, 1.165) is 22.9 Å². The summed E-state index contributed by atoms with van der Waals surface area (Å²) >= 11 is 6.09. The predicted molar refractivity (Wildman–Crippen MR) is 157 cm³/mol. The highest BCUT2D eigenvalue weighted by Crippen LogP contribution is 2.23. The third-order valence-corrected chi connectivity index (χ3v) is 7.90. The zero-order chi connectivity index (χ0) is 28.4. The first-order valence-electron chi connectivity index (χ1n) is 13.0. The molecule has 0 aliphatic heterocycles. The lowest BCUT2D eigenvalue weighted by Gasteiger charge is -2.32. The van der Waals surface area contributed by atoms with Gasteiger partial charge < -0.3 is 10.2 Å². The maximum Gasteiger partial charge on any atom is 0.243 e. The van der Waals surface area contributed by atoms with Gasteiger partial charge in [-0.05, 0) is 55.2 Å². The SMILES string of the molecule is CCNC(=O)[C@H](Cc1ccccc1)N(Cc1ccccc1C)C(=O)CCCN(c1cccc(Cl)c1)S(C)(=O)=O. The maximum absolute atomic E-state index is 13.8. The van der Waals surface area contributed by atoms with Crippen LogP contribution in [0.4, 0.5) is 5.69 Å². The Morgan fingerprint density at radius 1 is 0.974 bits per heavy atom. The monoisotopic (exact) mass is 569 g/mol. The van der Waals surface area contributed by atoms with Gasteiger partial charge in [0.05, 0.1) is 11.9 Å². The van der Waals surface area contributed by atoms with Crippen molar-refractivity contribution >= 4 is 39.1 Å². The Balaban J connectivity index is 1.87. The molecule has 0 heterocycles. The highest BCUT2D eigenvalue weighted by Gasteiger charge is 2.30. The van der Waals surface area contributed by atoms with E-state index in [1.165, 1.54) is 4.31 Å². The first-order valence-corrected chi connectivity index (χ1v) is 15.2. The molecule has 0 aliphatic carbocycles. The summed E-state index contributed by atoms with van der Waals surface area (Å²) in [6.45, 7) is 4.64. The molecule has 3 rings (SSSR count). The van der Waals surface area contributed by atoms with E-state index in [2.05, 4.69) is 5.32 Å². The Labute approximate surface area is 236 Å². The van der Waals surface area contributed by atoms with Crippen LogP contribution < -0.4 is 9.62 Å². The molecule has 0 bridgehead atoms. The van der Waals surface area contributed by atoms with Gasteiger partial charge in [-0.15, -0.1) is 0 Å². The molecule has 208 valence electrons. The zero-order valence-electron chi connectivity index (χ0n) is 22.6. The van der Waals surface area contributed by atoms with Crippen molar-refractivity contribution in [2.24, 2.45) is 0 Å². The number of sulfonamides is 1. The molecule has 0 aromatic heterocycles. The van der Waals surface area contributed by atoms with Gasteiger partial charge in [-0.2, -0.15) is 0 Å². The average Bonchev–Trinajstić information content (AvgIpc) is 2.89. The highest BCUT2D eigenvalue weighted by molar-refractivity contribution is 7.92. The van der Waals surface area contributed by atoms with Gasteiger partial charge in [0.15, 0.2) is 0 Å². The Morgan fingerprint density at radius 2 is 1.67 bits per heavy atom. The number of carbonyl (C=O) groups excluding carboxylic acids is 2. The smallest absolute Gasteiger partial charge is 0.243 e. The van der Waals surface area contributed by atoms with Crippen molar-refractivity contribution in [3.05, 3.63) is 101 Å². The van der Waals surface area contributed by atoms with Crippen LogP contribution >= 0.6 is 11.6 Å². The van der Waals surface area contributed by atoms with Crippen molar-refractivity contribution in [1.82, 2.24) is 10.2 Å². The zero-order valence-corrected chi connectivity index (χ0v) is 24.2. The summed E-state index contributed by atoms with van der Waals surface area (Å²) in [5.41, 5.74) is 3.36. The number of hydrogen-bond acceptors (Lipinski definition) is 4. The minimum Gasteiger partial charge on any atom is -0.355 e. The molecule has 0 fully saturated rings. The third kappa shape index (κ3) is 8.83. The molecule has 1 N–H and O–H groups in total. The lowest BCUT2D eigenvalue weighted by atomic mass is 10.0. The average molecular weight is 570 g/mol. The minimum absolute atomic E-state index is 0.0726. The number of nitrogens with one attached hydrogen (secondary N) is 1. The molecule has 2 amide bonds. The van der Waals surface area contributed by atoms with Gasteiger partial charge in [0.1, 0.15) is 6.04 Å². The van der Waals surface area contributed by atoms with Gasteiger partial charge in [-0.1, -0.05) is 72.3 Å². The molecule has 1 atom stereocenters. The van der Waals surface area contributed by atoms with Crippen LogP contribution in [0.25, 0.3) is 0 Å². The Hall–Kier alpha value is -3.36. The fourth-order valence-electron chi connectivity index (χ4n) is 4.45. The molecule has 3 aromatic rings. The van der Waals surface area contributed by atoms with E-state index in [9.17, 15) is 18.0 Å². The van der Waals surface area contributed by atoms with Crippen molar-refractivity contribution in [3.63, 3.8) is 0 Å². The molecule has 3 aromatic carbocycles. The van der Waals surface area contributed by atoms with Crippen LogP contribution in [0, 0.1) is 6.92 Å². The van der Waals surface area contributed by atoms with Gasteiger partial charge in [0, 0.05) is 37.5 Å². The van der Waals surface area contributed by atoms with Crippen molar-refractivity contribution in [3.8, 4) is 0 Å². The lowest BCUT2D eigenvalue weighted by Crippen LogP contribution is -2.50.